The zero-order valence-electron chi connectivity index (χ0n) is 12.6. The lowest BCUT2D eigenvalue weighted by atomic mass is 10.1. The first-order valence-corrected chi connectivity index (χ1v) is 7.22. The molecule has 20 heavy (non-hydrogen) atoms. The summed E-state index contributed by atoms with van der Waals surface area (Å²) in [6, 6.07) is 8.01. The molecule has 0 spiro atoms. The fraction of sp³-hybridized carbons (Fsp3) is 0.562. The molecule has 1 aliphatic rings. The Morgan fingerprint density at radius 3 is 2.75 bits per heavy atom. The highest BCUT2D eigenvalue weighted by Crippen LogP contribution is 2.29. The quantitative estimate of drug-likeness (QED) is 0.868. The molecular formula is C16H24N2O2. The molecule has 1 saturated heterocycles. The lowest BCUT2D eigenvalue weighted by Gasteiger charge is -2.24. The number of hydrogen-bond donors (Lipinski definition) is 1. The highest BCUT2D eigenvalue weighted by atomic mass is 16.5. The Labute approximate surface area is 121 Å². The summed E-state index contributed by atoms with van der Waals surface area (Å²) in [5.41, 5.74) is 1.88. The van der Waals surface area contributed by atoms with Crippen LogP contribution >= 0.6 is 0 Å². The largest absolute Gasteiger partial charge is 0.383 e. The molecule has 1 aromatic carbocycles. The first kappa shape index (κ1) is 14.9. The maximum absolute atomic E-state index is 11.9. The van der Waals surface area contributed by atoms with Crippen molar-refractivity contribution in [2.45, 2.75) is 38.7 Å². The van der Waals surface area contributed by atoms with Crippen molar-refractivity contribution >= 4 is 17.3 Å². The van der Waals surface area contributed by atoms with Gasteiger partial charge < -0.3 is 15.0 Å². The third kappa shape index (κ3) is 3.51. The van der Waals surface area contributed by atoms with E-state index in [-0.39, 0.29) is 11.5 Å². The molecule has 0 bridgehead atoms. The summed E-state index contributed by atoms with van der Waals surface area (Å²) in [4.78, 5) is 13.8. The van der Waals surface area contributed by atoms with Gasteiger partial charge >= 0.3 is 0 Å². The van der Waals surface area contributed by atoms with Gasteiger partial charge in [0.25, 0.3) is 0 Å². The summed E-state index contributed by atoms with van der Waals surface area (Å²) in [6.45, 7) is 5.79. The minimum Gasteiger partial charge on any atom is -0.383 e. The standard InChI is InChI=1S/C16H24N2O2/c1-16(2,20-3)10-11-17-13-7-4-5-8-14(13)18-12-6-9-15(18)19/h4-5,7-8,17H,6,9-12H2,1-3H3. The van der Waals surface area contributed by atoms with Gasteiger partial charge in [0.2, 0.25) is 5.91 Å². The van der Waals surface area contributed by atoms with Crippen LogP contribution < -0.4 is 10.2 Å². The Balaban J connectivity index is 2.03. The van der Waals surface area contributed by atoms with Gasteiger partial charge in [-0.1, -0.05) is 12.1 Å². The molecule has 0 saturated carbocycles. The molecule has 0 aromatic heterocycles. The second-order valence-corrected chi connectivity index (χ2v) is 5.81. The summed E-state index contributed by atoms with van der Waals surface area (Å²) in [5, 5.41) is 3.43. The van der Waals surface area contributed by atoms with E-state index in [0.29, 0.717) is 6.42 Å². The molecule has 1 amide bonds. The van der Waals surface area contributed by atoms with Gasteiger partial charge in [0.05, 0.1) is 17.0 Å². The van der Waals surface area contributed by atoms with Gasteiger partial charge in [-0.3, -0.25) is 4.79 Å². The van der Waals surface area contributed by atoms with Crippen LogP contribution in [0.2, 0.25) is 0 Å². The smallest absolute Gasteiger partial charge is 0.227 e. The molecular weight excluding hydrogens is 252 g/mol. The van der Waals surface area contributed by atoms with Crippen LogP contribution in [0.3, 0.4) is 0 Å². The Hall–Kier alpha value is -1.55. The van der Waals surface area contributed by atoms with Crippen molar-refractivity contribution in [1.29, 1.82) is 0 Å². The van der Waals surface area contributed by atoms with E-state index in [1.165, 1.54) is 0 Å². The van der Waals surface area contributed by atoms with Crippen molar-refractivity contribution in [3.63, 3.8) is 0 Å². The molecule has 0 aliphatic carbocycles. The maximum Gasteiger partial charge on any atom is 0.227 e. The second kappa shape index (κ2) is 6.27. The van der Waals surface area contributed by atoms with E-state index >= 15 is 0 Å². The number of rotatable bonds is 6. The first-order chi connectivity index (χ1) is 9.53. The molecule has 1 heterocycles. The van der Waals surface area contributed by atoms with Crippen LogP contribution in [0.4, 0.5) is 11.4 Å². The number of para-hydroxylation sites is 2. The summed E-state index contributed by atoms with van der Waals surface area (Å²) in [7, 11) is 1.73. The molecule has 1 aromatic rings. The number of anilines is 2. The van der Waals surface area contributed by atoms with Crippen LogP contribution in [0.15, 0.2) is 24.3 Å². The average molecular weight is 276 g/mol. The van der Waals surface area contributed by atoms with Gasteiger partial charge in [-0.2, -0.15) is 0 Å². The van der Waals surface area contributed by atoms with Crippen LogP contribution in [0, 0.1) is 0 Å². The molecule has 0 radical (unpaired) electrons. The number of carbonyl (C=O) groups excluding carboxylic acids is 1. The zero-order chi connectivity index (χ0) is 14.6. The number of amides is 1. The fourth-order valence-corrected chi connectivity index (χ4v) is 2.36. The van der Waals surface area contributed by atoms with Crippen LogP contribution in [0.5, 0.6) is 0 Å². The number of hydrogen-bond acceptors (Lipinski definition) is 3. The fourth-order valence-electron chi connectivity index (χ4n) is 2.36. The predicted octanol–water partition coefficient (Wildman–Crippen LogP) is 3.04. The molecule has 2 rings (SSSR count). The van der Waals surface area contributed by atoms with Crippen LogP contribution in [-0.4, -0.2) is 31.7 Å². The Kier molecular flexibility index (Phi) is 4.65. The SMILES string of the molecule is COC(C)(C)CCNc1ccccc1N1CCCC1=O. The molecule has 1 N–H and O–H groups in total. The van der Waals surface area contributed by atoms with Gasteiger partial charge in [-0.25, -0.2) is 0 Å². The molecule has 0 atom stereocenters. The van der Waals surface area contributed by atoms with Crippen LogP contribution in [0.1, 0.15) is 33.1 Å². The van der Waals surface area contributed by atoms with Crippen LogP contribution in [0.25, 0.3) is 0 Å². The predicted molar refractivity (Wildman–Crippen MR) is 82.2 cm³/mol. The van der Waals surface area contributed by atoms with Crippen molar-refractivity contribution < 1.29 is 9.53 Å². The van der Waals surface area contributed by atoms with E-state index in [1.54, 1.807) is 7.11 Å². The minimum atomic E-state index is -0.134. The van der Waals surface area contributed by atoms with Gasteiger partial charge in [0, 0.05) is 26.6 Å². The molecule has 4 nitrogen and oxygen atoms in total. The van der Waals surface area contributed by atoms with Crippen molar-refractivity contribution in [3.05, 3.63) is 24.3 Å². The van der Waals surface area contributed by atoms with E-state index in [2.05, 4.69) is 19.2 Å². The number of ether oxygens (including phenoxy) is 1. The third-order valence-corrected chi connectivity index (χ3v) is 3.86. The number of carbonyl (C=O) groups is 1. The second-order valence-electron chi connectivity index (χ2n) is 5.81. The van der Waals surface area contributed by atoms with Crippen molar-refractivity contribution in [3.8, 4) is 0 Å². The van der Waals surface area contributed by atoms with Gasteiger partial charge in [0.1, 0.15) is 0 Å². The van der Waals surface area contributed by atoms with Gasteiger partial charge in [-0.15, -0.1) is 0 Å². The van der Waals surface area contributed by atoms with Gasteiger partial charge in [-0.05, 0) is 38.8 Å². The number of nitrogens with zero attached hydrogens (tertiary/aromatic N) is 1. The Morgan fingerprint density at radius 1 is 1.35 bits per heavy atom. The summed E-state index contributed by atoms with van der Waals surface area (Å²) in [6.07, 6.45) is 2.51. The van der Waals surface area contributed by atoms with E-state index in [9.17, 15) is 4.79 Å². The van der Waals surface area contributed by atoms with E-state index in [0.717, 1.165) is 37.3 Å². The molecule has 1 aliphatic heterocycles. The van der Waals surface area contributed by atoms with Crippen molar-refractivity contribution in [1.82, 2.24) is 0 Å². The monoisotopic (exact) mass is 276 g/mol. The van der Waals surface area contributed by atoms with E-state index < -0.39 is 0 Å². The molecule has 1 fully saturated rings. The molecule has 0 unspecified atom stereocenters. The number of nitrogens with one attached hydrogen (secondary N) is 1. The van der Waals surface area contributed by atoms with E-state index in [1.807, 2.05) is 29.2 Å². The first-order valence-electron chi connectivity index (χ1n) is 7.22. The molecule has 4 heteroatoms. The average Bonchev–Trinajstić information content (AvgIpc) is 2.85. The third-order valence-electron chi connectivity index (χ3n) is 3.86. The highest BCUT2D eigenvalue weighted by Gasteiger charge is 2.23. The number of methoxy groups -OCH3 is 1. The highest BCUT2D eigenvalue weighted by molar-refractivity contribution is 5.98. The Bertz CT molecular complexity index is 471. The van der Waals surface area contributed by atoms with Crippen molar-refractivity contribution in [2.75, 3.05) is 30.4 Å². The van der Waals surface area contributed by atoms with Gasteiger partial charge in [0.15, 0.2) is 0 Å². The minimum absolute atomic E-state index is 0.134. The van der Waals surface area contributed by atoms with E-state index in [4.69, 9.17) is 4.74 Å². The molecule has 110 valence electrons. The van der Waals surface area contributed by atoms with Crippen molar-refractivity contribution in [2.24, 2.45) is 0 Å². The zero-order valence-corrected chi connectivity index (χ0v) is 12.6. The Morgan fingerprint density at radius 2 is 2.10 bits per heavy atom. The normalized spacial score (nSPS) is 15.8. The summed E-state index contributed by atoms with van der Waals surface area (Å²) < 4.78 is 5.42. The lowest BCUT2D eigenvalue weighted by molar-refractivity contribution is -0.117. The maximum atomic E-state index is 11.9. The topological polar surface area (TPSA) is 41.6 Å². The lowest BCUT2D eigenvalue weighted by Crippen LogP contribution is -2.27. The summed E-state index contributed by atoms with van der Waals surface area (Å²) in [5.74, 6) is 0.219. The number of benzene rings is 1. The summed E-state index contributed by atoms with van der Waals surface area (Å²) >= 11 is 0. The van der Waals surface area contributed by atoms with Crippen LogP contribution in [-0.2, 0) is 9.53 Å².